The maximum absolute atomic E-state index is 13.3. The van der Waals surface area contributed by atoms with E-state index in [9.17, 15) is 4.79 Å². The fourth-order valence-electron chi connectivity index (χ4n) is 3.83. The standard InChI is InChI=1S/C21H25N7O/c1-3-27(18-8-4-6-16(2)10-18)21(29)17-7-5-9-26(12-17)19-11-20(24-14-23-19)28-15-22-13-25-28/h4,6,8,10-11,13-15,17H,3,5,7,9,12H2,1-2H3. The van der Waals surface area contributed by atoms with Crippen molar-refractivity contribution in [3.63, 3.8) is 0 Å². The van der Waals surface area contributed by atoms with Gasteiger partial charge in [-0.3, -0.25) is 4.79 Å². The summed E-state index contributed by atoms with van der Waals surface area (Å²) in [6.07, 6.45) is 6.45. The molecule has 0 spiro atoms. The Bertz CT molecular complexity index is 973. The molecular weight excluding hydrogens is 366 g/mol. The molecule has 0 saturated carbocycles. The molecule has 1 aliphatic heterocycles. The summed E-state index contributed by atoms with van der Waals surface area (Å²) in [4.78, 5) is 30.0. The maximum atomic E-state index is 13.3. The van der Waals surface area contributed by atoms with Gasteiger partial charge in [0.05, 0.1) is 5.92 Å². The second kappa shape index (κ2) is 8.38. The van der Waals surface area contributed by atoms with E-state index in [0.29, 0.717) is 18.9 Å². The Labute approximate surface area is 170 Å². The molecule has 8 heteroatoms. The number of hydrogen-bond acceptors (Lipinski definition) is 6. The molecule has 2 aromatic heterocycles. The third-order valence-corrected chi connectivity index (χ3v) is 5.28. The van der Waals surface area contributed by atoms with Crippen molar-refractivity contribution in [3.8, 4) is 5.82 Å². The molecule has 1 amide bonds. The van der Waals surface area contributed by atoms with E-state index in [4.69, 9.17) is 0 Å². The molecule has 29 heavy (non-hydrogen) atoms. The van der Waals surface area contributed by atoms with E-state index in [1.807, 2.05) is 43.0 Å². The fraction of sp³-hybridized carbons (Fsp3) is 0.381. The quantitative estimate of drug-likeness (QED) is 0.665. The molecule has 3 heterocycles. The number of rotatable bonds is 5. The molecular formula is C21H25N7O. The predicted molar refractivity (Wildman–Crippen MR) is 111 cm³/mol. The van der Waals surface area contributed by atoms with E-state index in [1.54, 1.807) is 11.0 Å². The molecule has 0 aliphatic carbocycles. The molecule has 0 radical (unpaired) electrons. The summed E-state index contributed by atoms with van der Waals surface area (Å²) in [5, 5.41) is 4.13. The van der Waals surface area contributed by atoms with Crippen molar-refractivity contribution in [2.45, 2.75) is 26.7 Å². The zero-order valence-corrected chi connectivity index (χ0v) is 16.8. The molecule has 1 aliphatic rings. The molecule has 1 saturated heterocycles. The molecule has 1 unspecified atom stereocenters. The highest BCUT2D eigenvalue weighted by Gasteiger charge is 2.30. The number of carbonyl (C=O) groups excluding carboxylic acids is 1. The second-order valence-corrected chi connectivity index (χ2v) is 7.28. The summed E-state index contributed by atoms with van der Waals surface area (Å²) in [7, 11) is 0. The van der Waals surface area contributed by atoms with Gasteiger partial charge in [-0.15, -0.1) is 0 Å². The van der Waals surface area contributed by atoms with Crippen molar-refractivity contribution in [2.24, 2.45) is 5.92 Å². The van der Waals surface area contributed by atoms with Crippen LogP contribution in [0.2, 0.25) is 0 Å². The van der Waals surface area contributed by atoms with Crippen LogP contribution in [0.4, 0.5) is 11.5 Å². The van der Waals surface area contributed by atoms with Gasteiger partial charge < -0.3 is 9.80 Å². The number of amides is 1. The van der Waals surface area contributed by atoms with Crippen LogP contribution >= 0.6 is 0 Å². The van der Waals surface area contributed by atoms with E-state index >= 15 is 0 Å². The number of carbonyl (C=O) groups is 1. The van der Waals surface area contributed by atoms with Crippen molar-refractivity contribution in [3.05, 3.63) is 54.9 Å². The Morgan fingerprint density at radius 3 is 2.83 bits per heavy atom. The van der Waals surface area contributed by atoms with E-state index in [0.717, 1.165) is 36.5 Å². The normalized spacial score (nSPS) is 16.6. The van der Waals surface area contributed by atoms with Gasteiger partial charge in [-0.1, -0.05) is 12.1 Å². The summed E-state index contributed by atoms with van der Waals surface area (Å²) < 4.78 is 1.61. The van der Waals surface area contributed by atoms with Crippen LogP contribution in [0, 0.1) is 12.8 Å². The zero-order chi connectivity index (χ0) is 20.2. The van der Waals surface area contributed by atoms with Crippen LogP contribution in [0.3, 0.4) is 0 Å². The van der Waals surface area contributed by atoms with Crippen LogP contribution in [0.15, 0.2) is 49.3 Å². The molecule has 0 bridgehead atoms. The van der Waals surface area contributed by atoms with E-state index in [2.05, 4.69) is 31.0 Å². The molecule has 3 aromatic rings. The minimum Gasteiger partial charge on any atom is -0.356 e. The van der Waals surface area contributed by atoms with E-state index in [1.165, 1.54) is 12.7 Å². The highest BCUT2D eigenvalue weighted by atomic mass is 16.2. The van der Waals surface area contributed by atoms with Gasteiger partial charge in [-0.25, -0.2) is 19.6 Å². The van der Waals surface area contributed by atoms with Crippen LogP contribution in [0.1, 0.15) is 25.3 Å². The summed E-state index contributed by atoms with van der Waals surface area (Å²) in [6.45, 7) is 6.24. The molecule has 1 aromatic carbocycles. The first-order chi connectivity index (χ1) is 14.2. The summed E-state index contributed by atoms with van der Waals surface area (Å²) in [5.41, 5.74) is 2.12. The van der Waals surface area contributed by atoms with Gasteiger partial charge in [0.1, 0.15) is 24.8 Å². The monoisotopic (exact) mass is 391 g/mol. The third-order valence-electron chi connectivity index (χ3n) is 5.28. The molecule has 1 fully saturated rings. The smallest absolute Gasteiger partial charge is 0.231 e. The number of aryl methyl sites for hydroxylation is 1. The van der Waals surface area contributed by atoms with Gasteiger partial charge >= 0.3 is 0 Å². The number of hydrogen-bond donors (Lipinski definition) is 0. The lowest BCUT2D eigenvalue weighted by Crippen LogP contribution is -2.45. The predicted octanol–water partition coefficient (Wildman–Crippen LogP) is 2.64. The van der Waals surface area contributed by atoms with Crippen molar-refractivity contribution in [1.29, 1.82) is 0 Å². The lowest BCUT2D eigenvalue weighted by atomic mass is 9.96. The Kier molecular flexibility index (Phi) is 5.50. The van der Waals surface area contributed by atoms with Gasteiger partial charge in [0.2, 0.25) is 5.91 Å². The van der Waals surface area contributed by atoms with Gasteiger partial charge in [0.25, 0.3) is 0 Å². The first kappa shape index (κ1) is 19.0. The number of nitrogens with zero attached hydrogens (tertiary/aromatic N) is 7. The average Bonchev–Trinajstić information content (AvgIpc) is 3.30. The molecule has 4 rings (SSSR count). The maximum Gasteiger partial charge on any atom is 0.231 e. The average molecular weight is 391 g/mol. The lowest BCUT2D eigenvalue weighted by molar-refractivity contribution is -0.122. The first-order valence-corrected chi connectivity index (χ1v) is 9.95. The summed E-state index contributed by atoms with van der Waals surface area (Å²) in [5.74, 6) is 1.58. The number of aromatic nitrogens is 5. The van der Waals surface area contributed by atoms with Crippen LogP contribution in [-0.4, -0.2) is 50.3 Å². The Morgan fingerprint density at radius 1 is 1.21 bits per heavy atom. The Morgan fingerprint density at radius 2 is 2.07 bits per heavy atom. The first-order valence-electron chi connectivity index (χ1n) is 9.95. The van der Waals surface area contributed by atoms with Crippen molar-refractivity contribution >= 4 is 17.4 Å². The van der Waals surface area contributed by atoms with Crippen molar-refractivity contribution in [1.82, 2.24) is 24.7 Å². The van der Waals surface area contributed by atoms with Gasteiger partial charge in [0.15, 0.2) is 5.82 Å². The molecule has 0 N–H and O–H groups in total. The minimum atomic E-state index is -0.0611. The lowest BCUT2D eigenvalue weighted by Gasteiger charge is -2.35. The summed E-state index contributed by atoms with van der Waals surface area (Å²) in [6, 6.07) is 10.0. The highest BCUT2D eigenvalue weighted by molar-refractivity contribution is 5.95. The Balaban J connectivity index is 1.52. The zero-order valence-electron chi connectivity index (χ0n) is 16.8. The molecule has 1 atom stereocenters. The van der Waals surface area contributed by atoms with Gasteiger partial charge in [-0.2, -0.15) is 5.10 Å². The van der Waals surface area contributed by atoms with Gasteiger partial charge in [0, 0.05) is 31.4 Å². The van der Waals surface area contributed by atoms with Crippen LogP contribution in [0.5, 0.6) is 0 Å². The minimum absolute atomic E-state index is 0.0611. The SMILES string of the molecule is CCN(C(=O)C1CCCN(c2cc(-n3cncn3)ncn2)C1)c1cccc(C)c1. The summed E-state index contributed by atoms with van der Waals surface area (Å²) >= 11 is 0. The molecule has 150 valence electrons. The van der Waals surface area contributed by atoms with Crippen LogP contribution in [-0.2, 0) is 4.79 Å². The number of benzene rings is 1. The molecule has 8 nitrogen and oxygen atoms in total. The fourth-order valence-corrected chi connectivity index (χ4v) is 3.83. The van der Waals surface area contributed by atoms with Crippen molar-refractivity contribution < 1.29 is 4.79 Å². The second-order valence-electron chi connectivity index (χ2n) is 7.28. The van der Waals surface area contributed by atoms with E-state index < -0.39 is 0 Å². The Hall–Kier alpha value is -3.29. The van der Waals surface area contributed by atoms with Crippen LogP contribution in [0.25, 0.3) is 5.82 Å². The van der Waals surface area contributed by atoms with Crippen molar-refractivity contribution in [2.75, 3.05) is 29.4 Å². The van der Waals surface area contributed by atoms with E-state index in [-0.39, 0.29) is 11.8 Å². The largest absolute Gasteiger partial charge is 0.356 e. The topological polar surface area (TPSA) is 80.0 Å². The number of piperidine rings is 1. The van der Waals surface area contributed by atoms with Gasteiger partial charge in [-0.05, 0) is 44.4 Å². The third kappa shape index (κ3) is 4.11. The van der Waals surface area contributed by atoms with Crippen LogP contribution < -0.4 is 9.80 Å². The highest BCUT2D eigenvalue weighted by Crippen LogP contribution is 2.26. The number of anilines is 2.